The van der Waals surface area contributed by atoms with Crippen LogP contribution in [0.3, 0.4) is 0 Å². The number of aryl methyl sites for hydroxylation is 1. The number of hydrogen-bond acceptors (Lipinski definition) is 2. The molecule has 0 spiro atoms. The standard InChI is InChI=1S/C13H14FNO/c1-9-5-3-6-11(13(9)14)15-10(2)12-7-4-8-16-12/h3-8,10,15H,1-2H3. The van der Waals surface area contributed by atoms with E-state index < -0.39 is 0 Å². The highest BCUT2D eigenvalue weighted by Gasteiger charge is 2.11. The van der Waals surface area contributed by atoms with Gasteiger partial charge in [-0.15, -0.1) is 0 Å². The maximum Gasteiger partial charge on any atom is 0.149 e. The van der Waals surface area contributed by atoms with Gasteiger partial charge in [0, 0.05) is 0 Å². The Balaban J connectivity index is 2.18. The molecule has 0 aliphatic carbocycles. The van der Waals surface area contributed by atoms with Gasteiger partial charge in [-0.3, -0.25) is 0 Å². The van der Waals surface area contributed by atoms with Gasteiger partial charge in [0.15, 0.2) is 0 Å². The van der Waals surface area contributed by atoms with Crippen LogP contribution in [0.4, 0.5) is 10.1 Å². The van der Waals surface area contributed by atoms with Gasteiger partial charge in [-0.25, -0.2) is 4.39 Å². The van der Waals surface area contributed by atoms with E-state index in [1.807, 2.05) is 25.1 Å². The van der Waals surface area contributed by atoms with Crippen molar-refractivity contribution in [2.75, 3.05) is 5.32 Å². The Kier molecular flexibility index (Phi) is 2.95. The molecule has 3 heteroatoms. The van der Waals surface area contributed by atoms with Crippen LogP contribution in [0.5, 0.6) is 0 Å². The highest BCUT2D eigenvalue weighted by Crippen LogP contribution is 2.23. The summed E-state index contributed by atoms with van der Waals surface area (Å²) in [5.74, 6) is 0.585. The first-order valence-corrected chi connectivity index (χ1v) is 5.23. The van der Waals surface area contributed by atoms with E-state index in [0.717, 1.165) is 5.76 Å². The first-order chi connectivity index (χ1) is 7.68. The molecule has 0 fully saturated rings. The Morgan fingerprint density at radius 1 is 1.25 bits per heavy atom. The highest BCUT2D eigenvalue weighted by molar-refractivity contribution is 5.48. The molecule has 2 nitrogen and oxygen atoms in total. The van der Waals surface area contributed by atoms with Gasteiger partial charge in [0.1, 0.15) is 11.6 Å². The van der Waals surface area contributed by atoms with Crippen molar-refractivity contribution in [1.82, 2.24) is 0 Å². The first-order valence-electron chi connectivity index (χ1n) is 5.23. The molecule has 1 aromatic heterocycles. The number of halogens is 1. The number of rotatable bonds is 3. The molecule has 2 aromatic rings. The van der Waals surface area contributed by atoms with Crippen molar-refractivity contribution in [3.8, 4) is 0 Å². The Labute approximate surface area is 94.1 Å². The summed E-state index contributed by atoms with van der Waals surface area (Å²) in [6, 6.07) is 8.94. The molecule has 2 rings (SSSR count). The van der Waals surface area contributed by atoms with E-state index in [9.17, 15) is 4.39 Å². The summed E-state index contributed by atoms with van der Waals surface area (Å²) in [4.78, 5) is 0. The van der Waals surface area contributed by atoms with Crippen molar-refractivity contribution in [3.05, 3.63) is 53.7 Å². The van der Waals surface area contributed by atoms with Crippen LogP contribution in [0.2, 0.25) is 0 Å². The second kappa shape index (κ2) is 4.39. The lowest BCUT2D eigenvalue weighted by Gasteiger charge is -2.14. The molecule has 1 N–H and O–H groups in total. The minimum absolute atomic E-state index is 0.0497. The lowest BCUT2D eigenvalue weighted by atomic mass is 10.2. The fraction of sp³-hybridized carbons (Fsp3) is 0.231. The first kappa shape index (κ1) is 10.7. The summed E-state index contributed by atoms with van der Waals surface area (Å²) in [6.45, 7) is 3.68. The third-order valence-electron chi connectivity index (χ3n) is 2.53. The van der Waals surface area contributed by atoms with Crippen LogP contribution in [-0.4, -0.2) is 0 Å². The van der Waals surface area contributed by atoms with Gasteiger partial charge < -0.3 is 9.73 Å². The van der Waals surface area contributed by atoms with Crippen molar-refractivity contribution in [3.63, 3.8) is 0 Å². The molecule has 1 aromatic carbocycles. The molecule has 0 aliphatic rings. The number of nitrogens with one attached hydrogen (secondary N) is 1. The third kappa shape index (κ3) is 2.08. The smallest absolute Gasteiger partial charge is 0.149 e. The van der Waals surface area contributed by atoms with Crippen LogP contribution in [0.1, 0.15) is 24.3 Å². The van der Waals surface area contributed by atoms with Crippen molar-refractivity contribution < 1.29 is 8.81 Å². The van der Waals surface area contributed by atoms with Crippen LogP contribution in [0.25, 0.3) is 0 Å². The van der Waals surface area contributed by atoms with E-state index in [4.69, 9.17) is 4.42 Å². The van der Waals surface area contributed by atoms with Gasteiger partial charge in [0.2, 0.25) is 0 Å². The van der Waals surface area contributed by atoms with Crippen molar-refractivity contribution >= 4 is 5.69 Å². The van der Waals surface area contributed by atoms with Crippen LogP contribution >= 0.6 is 0 Å². The zero-order valence-electron chi connectivity index (χ0n) is 9.33. The normalized spacial score (nSPS) is 12.4. The fourth-order valence-corrected chi connectivity index (χ4v) is 1.60. The van der Waals surface area contributed by atoms with Crippen LogP contribution in [0, 0.1) is 12.7 Å². The molecule has 84 valence electrons. The predicted molar refractivity (Wildman–Crippen MR) is 61.9 cm³/mol. The Morgan fingerprint density at radius 3 is 2.75 bits per heavy atom. The molecular weight excluding hydrogens is 205 g/mol. The minimum atomic E-state index is -0.207. The van der Waals surface area contributed by atoms with Crippen LogP contribution < -0.4 is 5.32 Å². The second-order valence-corrected chi connectivity index (χ2v) is 3.82. The summed E-state index contributed by atoms with van der Waals surface area (Å²) in [7, 11) is 0. The van der Waals surface area contributed by atoms with E-state index in [1.165, 1.54) is 0 Å². The van der Waals surface area contributed by atoms with E-state index >= 15 is 0 Å². The molecule has 0 amide bonds. The molecule has 1 unspecified atom stereocenters. The molecule has 1 atom stereocenters. The average molecular weight is 219 g/mol. The van der Waals surface area contributed by atoms with Crippen molar-refractivity contribution in [2.24, 2.45) is 0 Å². The van der Waals surface area contributed by atoms with Crippen molar-refractivity contribution in [2.45, 2.75) is 19.9 Å². The monoisotopic (exact) mass is 219 g/mol. The fourth-order valence-electron chi connectivity index (χ4n) is 1.60. The van der Waals surface area contributed by atoms with Gasteiger partial charge in [-0.05, 0) is 37.6 Å². The van der Waals surface area contributed by atoms with Crippen LogP contribution in [0.15, 0.2) is 41.0 Å². The van der Waals surface area contributed by atoms with Gasteiger partial charge in [0.25, 0.3) is 0 Å². The molecule has 1 heterocycles. The van der Waals surface area contributed by atoms with E-state index in [-0.39, 0.29) is 11.9 Å². The maximum atomic E-state index is 13.7. The van der Waals surface area contributed by atoms with Crippen LogP contribution in [-0.2, 0) is 0 Å². The Bertz CT molecular complexity index is 465. The summed E-state index contributed by atoms with van der Waals surface area (Å²) >= 11 is 0. The SMILES string of the molecule is Cc1cccc(NC(C)c2ccco2)c1F. The van der Waals surface area contributed by atoms with Gasteiger partial charge in [-0.1, -0.05) is 12.1 Å². The number of anilines is 1. The molecule has 0 aliphatic heterocycles. The second-order valence-electron chi connectivity index (χ2n) is 3.82. The topological polar surface area (TPSA) is 25.2 Å². The zero-order chi connectivity index (χ0) is 11.5. The van der Waals surface area contributed by atoms with E-state index in [2.05, 4.69) is 5.32 Å². The molecule has 16 heavy (non-hydrogen) atoms. The van der Waals surface area contributed by atoms with Gasteiger partial charge >= 0.3 is 0 Å². The summed E-state index contributed by atoms with van der Waals surface area (Å²) < 4.78 is 19.0. The summed E-state index contributed by atoms with van der Waals surface area (Å²) in [5.41, 5.74) is 1.14. The number of benzene rings is 1. The maximum absolute atomic E-state index is 13.7. The number of hydrogen-bond donors (Lipinski definition) is 1. The highest BCUT2D eigenvalue weighted by atomic mass is 19.1. The predicted octanol–water partition coefficient (Wildman–Crippen LogP) is 3.90. The molecular formula is C13H14FNO. The van der Waals surface area contributed by atoms with E-state index in [0.29, 0.717) is 11.3 Å². The third-order valence-corrected chi connectivity index (χ3v) is 2.53. The largest absolute Gasteiger partial charge is 0.467 e. The number of furan rings is 1. The summed E-state index contributed by atoms with van der Waals surface area (Å²) in [5, 5.41) is 3.08. The lowest BCUT2D eigenvalue weighted by molar-refractivity contribution is 0.489. The lowest BCUT2D eigenvalue weighted by Crippen LogP contribution is -2.07. The quantitative estimate of drug-likeness (QED) is 0.846. The molecule has 0 radical (unpaired) electrons. The Morgan fingerprint density at radius 2 is 2.06 bits per heavy atom. The average Bonchev–Trinajstić information content (AvgIpc) is 2.78. The van der Waals surface area contributed by atoms with Crippen molar-refractivity contribution in [1.29, 1.82) is 0 Å². The molecule has 0 bridgehead atoms. The minimum Gasteiger partial charge on any atom is -0.467 e. The summed E-state index contributed by atoms with van der Waals surface area (Å²) in [6.07, 6.45) is 1.61. The van der Waals surface area contributed by atoms with Gasteiger partial charge in [0.05, 0.1) is 18.0 Å². The molecule has 0 saturated carbocycles. The Hall–Kier alpha value is -1.77. The zero-order valence-corrected chi connectivity index (χ0v) is 9.33. The molecule has 0 saturated heterocycles. The van der Waals surface area contributed by atoms with E-state index in [1.54, 1.807) is 25.3 Å². The van der Waals surface area contributed by atoms with Gasteiger partial charge in [-0.2, -0.15) is 0 Å².